The summed E-state index contributed by atoms with van der Waals surface area (Å²) in [5, 5.41) is 4.79. The minimum atomic E-state index is 0.730. The lowest BCUT2D eigenvalue weighted by Crippen LogP contribution is -1.97. The Balaban J connectivity index is 1.98. The lowest BCUT2D eigenvalue weighted by molar-refractivity contribution is 1.11. The predicted molar refractivity (Wildman–Crippen MR) is 60.7 cm³/mol. The van der Waals surface area contributed by atoms with Crippen LogP contribution >= 0.6 is 22.7 Å². The van der Waals surface area contributed by atoms with E-state index in [2.05, 4.69) is 15.3 Å². The molecule has 74 valence electrons. The summed E-state index contributed by atoms with van der Waals surface area (Å²) in [7, 11) is 0. The number of nitrogens with two attached hydrogens (primary N) is 1. The first kappa shape index (κ1) is 9.42. The number of rotatable bonds is 3. The van der Waals surface area contributed by atoms with E-state index in [9.17, 15) is 0 Å². The first-order valence-corrected chi connectivity index (χ1v) is 5.79. The minimum Gasteiger partial charge on any atom is -0.389 e. The Labute approximate surface area is 89.8 Å². The molecule has 0 fully saturated rings. The molecular formula is C8H10N4S2. The Kier molecular flexibility index (Phi) is 2.64. The van der Waals surface area contributed by atoms with Crippen molar-refractivity contribution < 1.29 is 0 Å². The van der Waals surface area contributed by atoms with Gasteiger partial charge in [0.25, 0.3) is 0 Å². The smallest absolute Gasteiger partial charge is 0.184 e. The lowest BCUT2D eigenvalue weighted by atomic mass is 10.4. The highest BCUT2D eigenvalue weighted by molar-refractivity contribution is 7.19. The second-order valence-electron chi connectivity index (χ2n) is 2.78. The molecule has 0 saturated heterocycles. The SMILES string of the molecule is Cc1ncsc1CNc1ncc(N)s1. The average molecular weight is 226 g/mol. The minimum absolute atomic E-state index is 0.730. The highest BCUT2D eigenvalue weighted by Gasteiger charge is 2.02. The zero-order valence-electron chi connectivity index (χ0n) is 7.65. The van der Waals surface area contributed by atoms with Crippen LogP contribution in [-0.4, -0.2) is 9.97 Å². The average Bonchev–Trinajstić information content (AvgIpc) is 2.72. The first-order valence-electron chi connectivity index (χ1n) is 4.10. The van der Waals surface area contributed by atoms with Crippen molar-refractivity contribution in [2.45, 2.75) is 13.5 Å². The van der Waals surface area contributed by atoms with Gasteiger partial charge < -0.3 is 11.1 Å². The Morgan fingerprint density at radius 3 is 2.93 bits per heavy atom. The van der Waals surface area contributed by atoms with Crippen molar-refractivity contribution >= 4 is 32.8 Å². The van der Waals surface area contributed by atoms with E-state index in [0.29, 0.717) is 0 Å². The van der Waals surface area contributed by atoms with Crippen molar-refractivity contribution in [3.05, 3.63) is 22.3 Å². The summed E-state index contributed by atoms with van der Waals surface area (Å²) in [5.74, 6) is 0. The van der Waals surface area contributed by atoms with Gasteiger partial charge in [-0.25, -0.2) is 9.97 Å². The molecule has 2 aromatic rings. The number of hydrogen-bond donors (Lipinski definition) is 2. The van der Waals surface area contributed by atoms with Crippen LogP contribution in [0.2, 0.25) is 0 Å². The molecule has 0 aliphatic rings. The number of anilines is 2. The molecular weight excluding hydrogens is 216 g/mol. The maximum atomic E-state index is 5.56. The summed E-state index contributed by atoms with van der Waals surface area (Å²) in [6.07, 6.45) is 1.66. The molecule has 14 heavy (non-hydrogen) atoms. The predicted octanol–water partition coefficient (Wildman–Crippen LogP) is 2.10. The number of nitrogens with one attached hydrogen (secondary N) is 1. The number of aromatic nitrogens is 2. The zero-order valence-corrected chi connectivity index (χ0v) is 9.28. The van der Waals surface area contributed by atoms with Crippen molar-refractivity contribution in [1.82, 2.24) is 9.97 Å². The second-order valence-corrected chi connectivity index (χ2v) is 4.78. The van der Waals surface area contributed by atoms with Crippen molar-refractivity contribution in [3.8, 4) is 0 Å². The van der Waals surface area contributed by atoms with Gasteiger partial charge in [-0.2, -0.15) is 0 Å². The van der Waals surface area contributed by atoms with E-state index in [0.717, 1.165) is 22.4 Å². The van der Waals surface area contributed by atoms with Gasteiger partial charge in [0, 0.05) is 4.88 Å². The molecule has 0 bridgehead atoms. The zero-order chi connectivity index (χ0) is 9.97. The van der Waals surface area contributed by atoms with Crippen LogP contribution < -0.4 is 11.1 Å². The van der Waals surface area contributed by atoms with Gasteiger partial charge in [0.05, 0.1) is 23.9 Å². The lowest BCUT2D eigenvalue weighted by Gasteiger charge is -1.99. The van der Waals surface area contributed by atoms with Crippen molar-refractivity contribution in [3.63, 3.8) is 0 Å². The van der Waals surface area contributed by atoms with Crippen LogP contribution in [0.5, 0.6) is 0 Å². The van der Waals surface area contributed by atoms with Gasteiger partial charge in [-0.15, -0.1) is 11.3 Å². The Bertz CT molecular complexity index is 420. The Morgan fingerprint density at radius 2 is 2.36 bits per heavy atom. The summed E-state index contributed by atoms with van der Waals surface area (Å²) in [4.78, 5) is 9.52. The molecule has 2 rings (SSSR count). The van der Waals surface area contributed by atoms with Crippen LogP contribution in [0.15, 0.2) is 11.7 Å². The normalized spacial score (nSPS) is 10.4. The standard InChI is InChI=1S/C8H10N4S2/c1-5-6(13-4-12-5)2-10-8-11-3-7(9)14-8/h3-4H,2,9H2,1H3,(H,10,11). The van der Waals surface area contributed by atoms with Crippen LogP contribution in [0.3, 0.4) is 0 Å². The summed E-state index contributed by atoms with van der Waals surface area (Å²) >= 11 is 3.10. The molecule has 3 N–H and O–H groups in total. The van der Waals surface area contributed by atoms with Crippen LogP contribution in [0.1, 0.15) is 10.6 Å². The number of nitrogen functional groups attached to an aromatic ring is 1. The fourth-order valence-corrected chi connectivity index (χ4v) is 2.32. The Hall–Kier alpha value is -1.14. The van der Waals surface area contributed by atoms with E-state index in [1.165, 1.54) is 16.2 Å². The molecule has 2 aromatic heterocycles. The molecule has 2 heterocycles. The van der Waals surface area contributed by atoms with Crippen LogP contribution in [-0.2, 0) is 6.54 Å². The summed E-state index contributed by atoms with van der Waals surface area (Å²) in [6.45, 7) is 2.77. The highest BCUT2D eigenvalue weighted by atomic mass is 32.1. The maximum absolute atomic E-state index is 5.56. The van der Waals surface area contributed by atoms with Gasteiger partial charge in [-0.05, 0) is 6.92 Å². The van der Waals surface area contributed by atoms with Crippen LogP contribution in [0.4, 0.5) is 10.1 Å². The fourth-order valence-electron chi connectivity index (χ4n) is 1.02. The van der Waals surface area contributed by atoms with E-state index in [-0.39, 0.29) is 0 Å². The molecule has 0 aromatic carbocycles. The summed E-state index contributed by atoms with van der Waals surface area (Å²) in [5.41, 5.74) is 8.49. The van der Waals surface area contributed by atoms with E-state index < -0.39 is 0 Å². The third kappa shape index (κ3) is 2.02. The molecule has 0 radical (unpaired) electrons. The Morgan fingerprint density at radius 1 is 1.50 bits per heavy atom. The molecule has 0 aliphatic heterocycles. The molecule has 0 aliphatic carbocycles. The quantitative estimate of drug-likeness (QED) is 0.841. The summed E-state index contributed by atoms with van der Waals surface area (Å²) in [6, 6.07) is 0. The number of aryl methyl sites for hydroxylation is 1. The summed E-state index contributed by atoms with van der Waals surface area (Å²) < 4.78 is 0. The molecule has 0 unspecified atom stereocenters. The van der Waals surface area contributed by atoms with Crippen LogP contribution in [0.25, 0.3) is 0 Å². The molecule has 0 atom stereocenters. The molecule has 0 spiro atoms. The van der Waals surface area contributed by atoms with Crippen molar-refractivity contribution in [2.24, 2.45) is 0 Å². The number of thiazole rings is 2. The van der Waals surface area contributed by atoms with Crippen molar-refractivity contribution in [1.29, 1.82) is 0 Å². The van der Waals surface area contributed by atoms with Gasteiger partial charge in [0.15, 0.2) is 5.13 Å². The molecule has 4 nitrogen and oxygen atoms in total. The molecule has 6 heteroatoms. The van der Waals surface area contributed by atoms with Crippen LogP contribution in [0, 0.1) is 6.92 Å². The van der Waals surface area contributed by atoms with Gasteiger partial charge >= 0.3 is 0 Å². The van der Waals surface area contributed by atoms with Gasteiger partial charge in [-0.1, -0.05) is 11.3 Å². The van der Waals surface area contributed by atoms with E-state index in [4.69, 9.17) is 5.73 Å². The van der Waals surface area contributed by atoms with Gasteiger partial charge in [-0.3, -0.25) is 0 Å². The van der Waals surface area contributed by atoms with Crippen molar-refractivity contribution in [2.75, 3.05) is 11.1 Å². The molecule has 0 amide bonds. The fraction of sp³-hybridized carbons (Fsp3) is 0.250. The van der Waals surface area contributed by atoms with Gasteiger partial charge in [0.1, 0.15) is 5.00 Å². The largest absolute Gasteiger partial charge is 0.389 e. The van der Waals surface area contributed by atoms with E-state index in [1.807, 2.05) is 12.4 Å². The number of hydrogen-bond acceptors (Lipinski definition) is 6. The third-order valence-electron chi connectivity index (χ3n) is 1.77. The highest BCUT2D eigenvalue weighted by Crippen LogP contribution is 2.21. The monoisotopic (exact) mass is 226 g/mol. The number of nitrogens with zero attached hydrogens (tertiary/aromatic N) is 2. The first-order chi connectivity index (χ1) is 6.75. The second kappa shape index (κ2) is 3.93. The van der Waals surface area contributed by atoms with E-state index >= 15 is 0 Å². The van der Waals surface area contributed by atoms with E-state index in [1.54, 1.807) is 17.5 Å². The molecule has 0 saturated carbocycles. The maximum Gasteiger partial charge on any atom is 0.184 e. The van der Waals surface area contributed by atoms with Gasteiger partial charge in [0.2, 0.25) is 0 Å². The third-order valence-corrected chi connectivity index (χ3v) is 3.49. The topological polar surface area (TPSA) is 63.8 Å².